The number of benzene rings is 3. The maximum atomic E-state index is 13.0. The number of nitrogens with one attached hydrogen (secondary N) is 1. The predicted octanol–water partition coefficient (Wildman–Crippen LogP) is 5.82. The molecule has 4 rings (SSSR count). The second-order valence-corrected chi connectivity index (χ2v) is 9.96. The summed E-state index contributed by atoms with van der Waals surface area (Å²) in [6, 6.07) is 26.0. The Hall–Kier alpha value is -4.61. The van der Waals surface area contributed by atoms with E-state index < -0.39 is 11.2 Å². The van der Waals surface area contributed by atoms with E-state index in [1.165, 1.54) is 11.8 Å². The molecule has 0 saturated heterocycles. The fourth-order valence-corrected chi connectivity index (χ4v) is 4.69. The number of anilines is 1. The first-order valence-electron chi connectivity index (χ1n) is 11.8. The van der Waals surface area contributed by atoms with Gasteiger partial charge in [-0.3, -0.25) is 9.59 Å². The molecule has 0 saturated carbocycles. The smallest absolute Gasteiger partial charge is 0.248 e. The number of thioether (sulfide) groups is 1. The van der Waals surface area contributed by atoms with Crippen LogP contribution < -0.4 is 15.8 Å². The third-order valence-electron chi connectivity index (χ3n) is 5.94. The molecule has 8 heteroatoms. The zero-order chi connectivity index (χ0) is 27.2. The Morgan fingerprint density at radius 2 is 1.63 bits per heavy atom. The molecule has 3 N–H and O–H groups in total. The van der Waals surface area contributed by atoms with Crippen molar-refractivity contribution in [1.29, 1.82) is 5.26 Å². The summed E-state index contributed by atoms with van der Waals surface area (Å²) in [6.07, 6.45) is 0. The number of primary amides is 1. The summed E-state index contributed by atoms with van der Waals surface area (Å²) in [5, 5.41) is 12.9. The van der Waals surface area contributed by atoms with Crippen LogP contribution in [0.1, 0.15) is 28.4 Å². The van der Waals surface area contributed by atoms with Crippen molar-refractivity contribution in [2.75, 3.05) is 12.4 Å². The fraction of sp³-hybridized carbons (Fsp3) is 0.133. The summed E-state index contributed by atoms with van der Waals surface area (Å²) in [5.74, 6) is -0.0767. The van der Waals surface area contributed by atoms with Gasteiger partial charge in [0.2, 0.25) is 11.8 Å². The molecule has 0 aliphatic heterocycles. The van der Waals surface area contributed by atoms with Gasteiger partial charge in [0, 0.05) is 22.4 Å². The molecular formula is C30H26N4O3S. The monoisotopic (exact) mass is 522 g/mol. The molecule has 1 atom stereocenters. The van der Waals surface area contributed by atoms with Crippen LogP contribution in [0.25, 0.3) is 22.4 Å². The lowest BCUT2D eigenvalue weighted by Crippen LogP contribution is -2.22. The van der Waals surface area contributed by atoms with E-state index in [4.69, 9.17) is 15.5 Å². The quantitative estimate of drug-likeness (QED) is 0.281. The molecule has 2 amide bonds. The number of hydrogen-bond acceptors (Lipinski definition) is 6. The van der Waals surface area contributed by atoms with Gasteiger partial charge in [0.1, 0.15) is 16.8 Å². The number of nitrogens with zero attached hydrogens (tertiary/aromatic N) is 2. The van der Waals surface area contributed by atoms with E-state index in [0.29, 0.717) is 27.5 Å². The van der Waals surface area contributed by atoms with Gasteiger partial charge in [-0.25, -0.2) is 4.98 Å². The van der Waals surface area contributed by atoms with Gasteiger partial charge in [-0.15, -0.1) is 0 Å². The second-order valence-electron chi connectivity index (χ2n) is 8.63. The average Bonchev–Trinajstić information content (AvgIpc) is 2.93. The van der Waals surface area contributed by atoms with Gasteiger partial charge in [0.05, 0.1) is 23.6 Å². The Balaban J connectivity index is 1.69. The minimum atomic E-state index is -0.567. The van der Waals surface area contributed by atoms with Gasteiger partial charge in [-0.2, -0.15) is 5.26 Å². The van der Waals surface area contributed by atoms with Crippen LogP contribution in [0.15, 0.2) is 83.9 Å². The summed E-state index contributed by atoms with van der Waals surface area (Å²) >= 11 is 1.21. The molecule has 4 aromatic rings. The van der Waals surface area contributed by atoms with Crippen LogP contribution in [-0.4, -0.2) is 29.2 Å². The summed E-state index contributed by atoms with van der Waals surface area (Å²) < 4.78 is 5.28. The first kappa shape index (κ1) is 26.5. The first-order valence-corrected chi connectivity index (χ1v) is 12.7. The second kappa shape index (κ2) is 11.6. The van der Waals surface area contributed by atoms with Crippen LogP contribution in [0.4, 0.5) is 5.69 Å². The molecular weight excluding hydrogens is 496 g/mol. The van der Waals surface area contributed by atoms with Crippen LogP contribution >= 0.6 is 11.8 Å². The van der Waals surface area contributed by atoms with E-state index in [9.17, 15) is 14.9 Å². The van der Waals surface area contributed by atoms with Gasteiger partial charge in [0.15, 0.2) is 0 Å². The van der Waals surface area contributed by atoms with Crippen molar-refractivity contribution in [3.8, 4) is 34.2 Å². The molecule has 0 fully saturated rings. The zero-order valence-corrected chi connectivity index (χ0v) is 22.0. The number of pyridine rings is 1. The maximum Gasteiger partial charge on any atom is 0.248 e. The highest BCUT2D eigenvalue weighted by molar-refractivity contribution is 8.00. The molecule has 1 aromatic heterocycles. The number of amides is 2. The van der Waals surface area contributed by atoms with Crippen LogP contribution in [0, 0.1) is 18.3 Å². The summed E-state index contributed by atoms with van der Waals surface area (Å²) in [7, 11) is 1.61. The normalized spacial score (nSPS) is 11.3. The minimum Gasteiger partial charge on any atom is -0.497 e. The highest BCUT2D eigenvalue weighted by atomic mass is 32.2. The molecule has 0 aliphatic rings. The lowest BCUT2D eigenvalue weighted by Gasteiger charge is -2.16. The third-order valence-corrected chi connectivity index (χ3v) is 7.03. The van der Waals surface area contributed by atoms with E-state index >= 15 is 0 Å². The number of methoxy groups -OCH3 is 1. The molecule has 1 unspecified atom stereocenters. The zero-order valence-electron chi connectivity index (χ0n) is 21.2. The molecule has 1 heterocycles. The number of nitrogens with two attached hydrogens (primary N) is 1. The highest BCUT2D eigenvalue weighted by Gasteiger charge is 2.22. The Morgan fingerprint density at radius 3 is 2.21 bits per heavy atom. The van der Waals surface area contributed by atoms with Crippen molar-refractivity contribution in [2.45, 2.75) is 24.1 Å². The van der Waals surface area contributed by atoms with Gasteiger partial charge in [-0.05, 0) is 74.0 Å². The van der Waals surface area contributed by atoms with E-state index in [-0.39, 0.29) is 5.91 Å². The van der Waals surface area contributed by atoms with Crippen LogP contribution in [0.5, 0.6) is 5.75 Å². The van der Waals surface area contributed by atoms with Crippen molar-refractivity contribution in [2.24, 2.45) is 5.73 Å². The van der Waals surface area contributed by atoms with E-state index in [1.54, 1.807) is 38.3 Å². The molecule has 7 nitrogen and oxygen atoms in total. The molecule has 0 radical (unpaired) electrons. The Kier molecular flexibility index (Phi) is 8.09. The van der Waals surface area contributed by atoms with Gasteiger partial charge in [-0.1, -0.05) is 41.6 Å². The summed E-state index contributed by atoms with van der Waals surface area (Å²) in [5.41, 5.74) is 10.9. The number of ether oxygens (including phenoxy) is 1. The number of rotatable bonds is 8. The summed E-state index contributed by atoms with van der Waals surface area (Å²) in [6.45, 7) is 3.76. The highest BCUT2D eigenvalue weighted by Crippen LogP contribution is 2.36. The predicted molar refractivity (Wildman–Crippen MR) is 150 cm³/mol. The van der Waals surface area contributed by atoms with Crippen LogP contribution in [0.3, 0.4) is 0 Å². The molecule has 0 spiro atoms. The fourth-order valence-electron chi connectivity index (χ4n) is 3.77. The first-order chi connectivity index (χ1) is 18.3. The maximum absolute atomic E-state index is 13.0. The molecule has 190 valence electrons. The topological polar surface area (TPSA) is 118 Å². The van der Waals surface area contributed by atoms with Crippen molar-refractivity contribution in [1.82, 2.24) is 4.98 Å². The molecule has 38 heavy (non-hydrogen) atoms. The van der Waals surface area contributed by atoms with E-state index in [1.807, 2.05) is 61.5 Å². The number of nitriles is 1. The van der Waals surface area contributed by atoms with Crippen molar-refractivity contribution < 1.29 is 14.3 Å². The minimum absolute atomic E-state index is 0.265. The average molecular weight is 523 g/mol. The standard InChI is InChI=1S/C30H26N4O3S/c1-18-4-6-20(7-5-18)25-16-27(21-10-14-24(37-3)15-11-21)34-30(26(25)17-31)38-19(2)29(36)33-23-12-8-22(9-13-23)28(32)35/h4-16,19H,1-3H3,(H2,32,35)(H,33,36). The molecule has 0 aliphatic carbocycles. The molecule has 3 aromatic carbocycles. The number of carbonyl (C=O) groups is 2. The lowest BCUT2D eigenvalue weighted by molar-refractivity contribution is -0.115. The van der Waals surface area contributed by atoms with Gasteiger partial charge < -0.3 is 15.8 Å². The van der Waals surface area contributed by atoms with E-state index in [0.717, 1.165) is 28.0 Å². The Bertz CT molecular complexity index is 1510. The van der Waals surface area contributed by atoms with Crippen molar-refractivity contribution >= 4 is 29.3 Å². The van der Waals surface area contributed by atoms with Gasteiger partial charge in [0.25, 0.3) is 0 Å². The third kappa shape index (κ3) is 6.02. The summed E-state index contributed by atoms with van der Waals surface area (Å²) in [4.78, 5) is 29.1. The SMILES string of the molecule is COc1ccc(-c2cc(-c3ccc(C)cc3)c(C#N)c(SC(C)C(=O)Nc3ccc(C(N)=O)cc3)n2)cc1. The van der Waals surface area contributed by atoms with Crippen LogP contribution in [0.2, 0.25) is 0 Å². The number of hydrogen-bond donors (Lipinski definition) is 2. The Labute approximate surface area is 225 Å². The van der Waals surface area contributed by atoms with Gasteiger partial charge >= 0.3 is 0 Å². The molecule has 0 bridgehead atoms. The largest absolute Gasteiger partial charge is 0.497 e. The van der Waals surface area contributed by atoms with Crippen LogP contribution in [-0.2, 0) is 4.79 Å². The number of aromatic nitrogens is 1. The number of aryl methyl sites for hydroxylation is 1. The van der Waals surface area contributed by atoms with Crippen molar-refractivity contribution in [3.63, 3.8) is 0 Å². The Morgan fingerprint density at radius 1 is 1.00 bits per heavy atom. The lowest BCUT2D eigenvalue weighted by atomic mass is 9.98. The van der Waals surface area contributed by atoms with Crippen molar-refractivity contribution in [3.05, 3.63) is 95.6 Å². The van der Waals surface area contributed by atoms with E-state index in [2.05, 4.69) is 11.4 Å². The number of carbonyl (C=O) groups excluding carboxylic acids is 2.